The number of rotatable bonds is 6. The largest absolute Gasteiger partial charge is 0.480 e. The van der Waals surface area contributed by atoms with Crippen LogP contribution in [0.4, 0.5) is 5.82 Å². The fourth-order valence-corrected chi connectivity index (χ4v) is 1.53. The number of thioether (sulfide) groups is 1. The van der Waals surface area contributed by atoms with Crippen molar-refractivity contribution in [2.24, 2.45) is 0 Å². The average molecular weight is 257 g/mol. The maximum Gasteiger partial charge on any atom is 0.323 e. The summed E-state index contributed by atoms with van der Waals surface area (Å²) in [6.07, 6.45) is 3.09. The Morgan fingerprint density at radius 2 is 1.88 bits per heavy atom. The normalized spacial score (nSPS) is 9.94. The Kier molecular flexibility index (Phi) is 4.70. The lowest BCUT2D eigenvalue weighted by atomic mass is 10.4. The number of carboxylic acids is 2. The van der Waals surface area contributed by atoms with E-state index in [-0.39, 0.29) is 5.82 Å². The lowest BCUT2D eigenvalue weighted by Crippen LogP contribution is -2.35. The molecule has 1 rings (SSSR count). The van der Waals surface area contributed by atoms with Gasteiger partial charge in [0.2, 0.25) is 0 Å². The van der Waals surface area contributed by atoms with Crippen molar-refractivity contribution in [1.82, 2.24) is 9.97 Å². The Bertz CT molecular complexity index is 410. The molecule has 0 aliphatic rings. The molecule has 0 saturated carbocycles. The van der Waals surface area contributed by atoms with Gasteiger partial charge in [0.05, 0.1) is 0 Å². The number of hydrogen-bond donors (Lipinski definition) is 2. The molecule has 1 aromatic heterocycles. The summed E-state index contributed by atoms with van der Waals surface area (Å²) in [4.78, 5) is 30.2. The first-order chi connectivity index (χ1) is 8.02. The molecule has 0 aromatic carbocycles. The van der Waals surface area contributed by atoms with Crippen molar-refractivity contribution < 1.29 is 19.8 Å². The topological polar surface area (TPSA) is 104 Å². The zero-order chi connectivity index (χ0) is 12.8. The average Bonchev–Trinajstić information content (AvgIpc) is 2.27. The smallest absolute Gasteiger partial charge is 0.323 e. The molecule has 0 fully saturated rings. The second-order valence-electron chi connectivity index (χ2n) is 3.06. The van der Waals surface area contributed by atoms with E-state index < -0.39 is 25.0 Å². The van der Waals surface area contributed by atoms with Gasteiger partial charge in [-0.05, 0) is 6.26 Å². The fraction of sp³-hybridized carbons (Fsp3) is 0.333. The van der Waals surface area contributed by atoms with Crippen molar-refractivity contribution in [3.63, 3.8) is 0 Å². The molecule has 0 amide bonds. The molecule has 7 nitrogen and oxygen atoms in total. The highest BCUT2D eigenvalue weighted by Gasteiger charge is 2.15. The van der Waals surface area contributed by atoms with Gasteiger partial charge >= 0.3 is 11.9 Å². The zero-order valence-electron chi connectivity index (χ0n) is 9.03. The molecule has 0 atom stereocenters. The molecule has 8 heteroatoms. The highest BCUT2D eigenvalue weighted by Crippen LogP contribution is 2.16. The number of nitrogens with zero attached hydrogens (tertiary/aromatic N) is 3. The summed E-state index contributed by atoms with van der Waals surface area (Å²) in [5.41, 5.74) is 0. The second-order valence-corrected chi connectivity index (χ2v) is 3.89. The Hall–Kier alpha value is -1.83. The molecule has 0 aliphatic heterocycles. The Morgan fingerprint density at radius 1 is 1.29 bits per heavy atom. The quantitative estimate of drug-likeness (QED) is 0.549. The van der Waals surface area contributed by atoms with Gasteiger partial charge < -0.3 is 15.1 Å². The van der Waals surface area contributed by atoms with Crippen molar-refractivity contribution in [3.05, 3.63) is 12.4 Å². The van der Waals surface area contributed by atoms with E-state index in [1.165, 1.54) is 18.1 Å². The molecule has 92 valence electrons. The standard InChI is InChI=1S/C9H11N3O4S/c1-17-7-2-6(10-5-11-7)12(3-8(13)14)4-9(15)16/h2,5H,3-4H2,1H3,(H,13,14)(H,15,16). The van der Waals surface area contributed by atoms with E-state index in [4.69, 9.17) is 10.2 Å². The van der Waals surface area contributed by atoms with Crippen molar-refractivity contribution in [2.75, 3.05) is 24.2 Å². The van der Waals surface area contributed by atoms with Gasteiger partial charge in [0, 0.05) is 6.07 Å². The molecule has 1 aromatic rings. The number of anilines is 1. The highest BCUT2D eigenvalue weighted by molar-refractivity contribution is 7.98. The maximum absolute atomic E-state index is 10.6. The number of aliphatic carboxylic acids is 2. The van der Waals surface area contributed by atoms with Gasteiger partial charge in [-0.1, -0.05) is 0 Å². The van der Waals surface area contributed by atoms with Gasteiger partial charge in [-0.2, -0.15) is 0 Å². The van der Waals surface area contributed by atoms with E-state index in [1.807, 2.05) is 6.26 Å². The van der Waals surface area contributed by atoms with Crippen LogP contribution in [0.1, 0.15) is 0 Å². The van der Waals surface area contributed by atoms with Crippen molar-refractivity contribution in [3.8, 4) is 0 Å². The molecule has 1 heterocycles. The molecule has 0 saturated heterocycles. The van der Waals surface area contributed by atoms with Crippen LogP contribution >= 0.6 is 11.8 Å². The van der Waals surface area contributed by atoms with E-state index in [0.29, 0.717) is 5.03 Å². The first-order valence-corrected chi connectivity index (χ1v) is 5.80. The SMILES string of the molecule is CSc1cc(N(CC(=O)O)CC(=O)O)ncn1. The van der Waals surface area contributed by atoms with E-state index >= 15 is 0 Å². The molecule has 0 spiro atoms. The molecule has 0 unspecified atom stereocenters. The molecule has 0 bridgehead atoms. The number of carboxylic acid groups (broad SMARTS) is 2. The third kappa shape index (κ3) is 4.27. The molecule has 0 aliphatic carbocycles. The molecule has 2 N–H and O–H groups in total. The van der Waals surface area contributed by atoms with Crippen LogP contribution in [-0.4, -0.2) is 51.5 Å². The summed E-state index contributed by atoms with van der Waals surface area (Å²) in [5, 5.41) is 18.1. The van der Waals surface area contributed by atoms with Crippen LogP contribution in [0.5, 0.6) is 0 Å². The molecule has 0 radical (unpaired) electrons. The molecular formula is C9H11N3O4S. The van der Waals surface area contributed by atoms with Gasteiger partial charge in [0.15, 0.2) is 0 Å². The monoisotopic (exact) mass is 257 g/mol. The minimum absolute atomic E-state index is 0.286. The molecular weight excluding hydrogens is 246 g/mol. The lowest BCUT2D eigenvalue weighted by Gasteiger charge is -2.19. The predicted octanol–water partition coefficient (Wildman–Crippen LogP) is 0.174. The third-order valence-corrected chi connectivity index (χ3v) is 2.45. The van der Waals surface area contributed by atoms with Crippen molar-refractivity contribution in [1.29, 1.82) is 0 Å². The van der Waals surface area contributed by atoms with Crippen LogP contribution in [0.2, 0.25) is 0 Å². The van der Waals surface area contributed by atoms with Crippen LogP contribution in [0, 0.1) is 0 Å². The first kappa shape index (κ1) is 13.2. The first-order valence-electron chi connectivity index (χ1n) is 4.57. The number of carbonyl (C=O) groups is 2. The van der Waals surface area contributed by atoms with Gasteiger partial charge in [-0.3, -0.25) is 9.59 Å². The van der Waals surface area contributed by atoms with Crippen LogP contribution in [0.25, 0.3) is 0 Å². The van der Waals surface area contributed by atoms with E-state index in [1.54, 1.807) is 6.07 Å². The van der Waals surface area contributed by atoms with Crippen molar-refractivity contribution >= 4 is 29.5 Å². The van der Waals surface area contributed by atoms with Gasteiger partial charge in [-0.15, -0.1) is 11.8 Å². The van der Waals surface area contributed by atoms with E-state index in [2.05, 4.69) is 9.97 Å². The third-order valence-electron chi connectivity index (χ3n) is 1.81. The summed E-state index contributed by atoms with van der Waals surface area (Å²) in [6, 6.07) is 1.55. The highest BCUT2D eigenvalue weighted by atomic mass is 32.2. The van der Waals surface area contributed by atoms with Gasteiger partial charge in [0.25, 0.3) is 0 Å². The fourth-order valence-electron chi connectivity index (χ4n) is 1.16. The number of aromatic nitrogens is 2. The summed E-state index contributed by atoms with van der Waals surface area (Å²) in [6.45, 7) is -0.839. The Balaban J connectivity index is 2.94. The lowest BCUT2D eigenvalue weighted by molar-refractivity contribution is -0.136. The van der Waals surface area contributed by atoms with E-state index in [9.17, 15) is 9.59 Å². The Labute approximate surface area is 101 Å². The number of hydrogen-bond acceptors (Lipinski definition) is 6. The molecule has 17 heavy (non-hydrogen) atoms. The summed E-state index contributed by atoms with van der Waals surface area (Å²) >= 11 is 1.37. The van der Waals surface area contributed by atoms with Gasteiger partial charge in [-0.25, -0.2) is 9.97 Å². The Morgan fingerprint density at radius 3 is 2.35 bits per heavy atom. The zero-order valence-corrected chi connectivity index (χ0v) is 9.85. The van der Waals surface area contributed by atoms with Crippen LogP contribution in [0.3, 0.4) is 0 Å². The van der Waals surface area contributed by atoms with Crippen LogP contribution in [-0.2, 0) is 9.59 Å². The van der Waals surface area contributed by atoms with Crippen LogP contribution in [0.15, 0.2) is 17.4 Å². The summed E-state index contributed by atoms with van der Waals surface area (Å²) < 4.78 is 0. The maximum atomic E-state index is 10.6. The minimum Gasteiger partial charge on any atom is -0.480 e. The predicted molar refractivity (Wildman–Crippen MR) is 61.3 cm³/mol. The minimum atomic E-state index is -1.12. The van der Waals surface area contributed by atoms with Gasteiger partial charge in [0.1, 0.15) is 30.3 Å². The summed E-state index contributed by atoms with van der Waals surface area (Å²) in [5.74, 6) is -1.94. The van der Waals surface area contributed by atoms with Crippen LogP contribution < -0.4 is 4.90 Å². The second kappa shape index (κ2) is 6.04. The van der Waals surface area contributed by atoms with Crippen molar-refractivity contribution in [2.45, 2.75) is 5.03 Å². The summed E-state index contributed by atoms with van der Waals surface area (Å²) in [7, 11) is 0. The van der Waals surface area contributed by atoms with E-state index in [0.717, 1.165) is 4.90 Å².